The minimum atomic E-state index is -1.01. The van der Waals surface area contributed by atoms with Gasteiger partial charge in [0.15, 0.2) is 0 Å². The van der Waals surface area contributed by atoms with Gasteiger partial charge in [-0.1, -0.05) is 20.8 Å². The summed E-state index contributed by atoms with van der Waals surface area (Å²) in [6.45, 7) is 7.77. The Bertz CT molecular complexity index is 684. The molecule has 0 atom stereocenters. The second kappa shape index (κ2) is 5.20. The molecule has 0 saturated heterocycles. The topological polar surface area (TPSA) is 77.2 Å². The van der Waals surface area contributed by atoms with Crippen LogP contribution in [0.4, 0.5) is 0 Å². The van der Waals surface area contributed by atoms with Crippen LogP contribution >= 0.6 is 0 Å². The predicted octanol–water partition coefficient (Wildman–Crippen LogP) is 2.91. The van der Waals surface area contributed by atoms with E-state index in [1.54, 1.807) is 23.9 Å². The van der Waals surface area contributed by atoms with Crippen LogP contribution in [0.15, 0.2) is 18.2 Å². The third-order valence-electron chi connectivity index (χ3n) is 2.99. The summed E-state index contributed by atoms with van der Waals surface area (Å²) in [5.74, 6) is -0.237. The van der Waals surface area contributed by atoms with Gasteiger partial charge in [0.05, 0.1) is 17.0 Å². The number of aromatic nitrogens is 3. The Hall–Kier alpha value is -2.37. The number of carboxylic acids is 1. The molecular weight excluding hydrogens is 270 g/mol. The van der Waals surface area contributed by atoms with Crippen LogP contribution in [0.3, 0.4) is 0 Å². The highest BCUT2D eigenvalue weighted by Gasteiger charge is 2.20. The fourth-order valence-electron chi connectivity index (χ4n) is 1.85. The number of ether oxygens (including phenoxy) is 1. The zero-order valence-corrected chi connectivity index (χ0v) is 12.8. The van der Waals surface area contributed by atoms with Gasteiger partial charge in [-0.3, -0.25) is 0 Å². The quantitative estimate of drug-likeness (QED) is 0.940. The molecule has 21 heavy (non-hydrogen) atoms. The molecule has 0 saturated carbocycles. The number of hydrogen-bond donors (Lipinski definition) is 1. The average molecular weight is 289 g/mol. The molecule has 2 aromatic rings. The van der Waals surface area contributed by atoms with Gasteiger partial charge in [-0.2, -0.15) is 5.10 Å². The predicted molar refractivity (Wildman–Crippen MR) is 77.9 cm³/mol. The van der Waals surface area contributed by atoms with Gasteiger partial charge in [0, 0.05) is 24.6 Å². The normalized spacial score (nSPS) is 11.5. The second-order valence-corrected chi connectivity index (χ2v) is 5.98. The lowest BCUT2D eigenvalue weighted by molar-refractivity contribution is 0.0696. The number of carbonyl (C=O) groups is 1. The lowest BCUT2D eigenvalue weighted by Crippen LogP contribution is -2.15. The van der Waals surface area contributed by atoms with Crippen molar-refractivity contribution in [3.8, 4) is 11.8 Å². The van der Waals surface area contributed by atoms with Crippen molar-refractivity contribution in [2.75, 3.05) is 0 Å². The highest BCUT2D eigenvalue weighted by atomic mass is 16.5. The molecule has 0 aliphatic heterocycles. The Balaban J connectivity index is 2.45. The molecule has 2 heterocycles. The van der Waals surface area contributed by atoms with Crippen molar-refractivity contribution in [2.24, 2.45) is 7.05 Å². The summed E-state index contributed by atoms with van der Waals surface area (Å²) in [5.41, 5.74) is 1.37. The van der Waals surface area contributed by atoms with Crippen molar-refractivity contribution in [3.05, 3.63) is 35.2 Å². The van der Waals surface area contributed by atoms with E-state index >= 15 is 0 Å². The van der Waals surface area contributed by atoms with E-state index in [1.807, 2.05) is 27.7 Å². The van der Waals surface area contributed by atoms with Gasteiger partial charge in [0.25, 0.3) is 0 Å². The largest absolute Gasteiger partial charge is 0.478 e. The van der Waals surface area contributed by atoms with Crippen LogP contribution < -0.4 is 4.74 Å². The molecule has 112 valence electrons. The minimum absolute atomic E-state index is 0.156. The molecule has 0 unspecified atom stereocenters. The maximum absolute atomic E-state index is 11.3. The molecule has 0 fully saturated rings. The van der Waals surface area contributed by atoms with E-state index < -0.39 is 5.97 Å². The van der Waals surface area contributed by atoms with E-state index in [4.69, 9.17) is 4.74 Å². The average Bonchev–Trinajstić information content (AvgIpc) is 2.66. The number of hydrogen-bond acceptors (Lipinski definition) is 4. The lowest BCUT2D eigenvalue weighted by atomic mass is 9.91. The molecule has 2 rings (SSSR count). The van der Waals surface area contributed by atoms with E-state index in [0.717, 1.165) is 5.69 Å². The van der Waals surface area contributed by atoms with Crippen molar-refractivity contribution in [1.29, 1.82) is 0 Å². The molecule has 0 spiro atoms. The Morgan fingerprint density at radius 1 is 1.29 bits per heavy atom. The monoisotopic (exact) mass is 289 g/mol. The van der Waals surface area contributed by atoms with Crippen molar-refractivity contribution in [1.82, 2.24) is 14.8 Å². The maximum Gasteiger partial charge on any atom is 0.335 e. The highest BCUT2D eigenvalue weighted by molar-refractivity contribution is 5.88. The third-order valence-corrected chi connectivity index (χ3v) is 2.99. The Morgan fingerprint density at radius 2 is 1.95 bits per heavy atom. The van der Waals surface area contributed by atoms with Crippen LogP contribution in [0.1, 0.15) is 42.5 Å². The number of carboxylic acid groups (broad SMARTS) is 1. The number of aryl methyl sites for hydroxylation is 2. The van der Waals surface area contributed by atoms with E-state index in [-0.39, 0.29) is 16.9 Å². The summed E-state index contributed by atoms with van der Waals surface area (Å²) in [6, 6.07) is 4.76. The van der Waals surface area contributed by atoms with Crippen LogP contribution in [0.2, 0.25) is 0 Å². The summed E-state index contributed by atoms with van der Waals surface area (Å²) in [6.07, 6.45) is 0. The van der Waals surface area contributed by atoms with Crippen molar-refractivity contribution in [2.45, 2.75) is 33.1 Å². The van der Waals surface area contributed by atoms with Crippen molar-refractivity contribution < 1.29 is 14.6 Å². The van der Waals surface area contributed by atoms with E-state index in [9.17, 15) is 9.90 Å². The summed E-state index contributed by atoms with van der Waals surface area (Å²) >= 11 is 0. The number of nitrogens with zero attached hydrogens (tertiary/aromatic N) is 3. The second-order valence-electron chi connectivity index (χ2n) is 5.98. The first-order chi connectivity index (χ1) is 9.66. The molecule has 1 N–H and O–H groups in total. The van der Waals surface area contributed by atoms with Crippen molar-refractivity contribution in [3.63, 3.8) is 0 Å². The molecule has 6 heteroatoms. The smallest absolute Gasteiger partial charge is 0.335 e. The lowest BCUT2D eigenvalue weighted by Gasteiger charge is -2.19. The molecule has 0 amide bonds. The minimum Gasteiger partial charge on any atom is -0.478 e. The number of aromatic carboxylic acids is 1. The number of pyridine rings is 1. The van der Waals surface area contributed by atoms with E-state index in [2.05, 4.69) is 10.1 Å². The van der Waals surface area contributed by atoms with Crippen LogP contribution in [-0.4, -0.2) is 25.8 Å². The summed E-state index contributed by atoms with van der Waals surface area (Å²) < 4.78 is 7.27. The number of rotatable bonds is 3. The van der Waals surface area contributed by atoms with Gasteiger partial charge in [-0.05, 0) is 13.0 Å². The first-order valence-electron chi connectivity index (χ1n) is 6.61. The van der Waals surface area contributed by atoms with Crippen LogP contribution in [0, 0.1) is 6.92 Å². The van der Waals surface area contributed by atoms with Gasteiger partial charge < -0.3 is 9.84 Å². The zero-order chi connectivity index (χ0) is 15.8. The van der Waals surface area contributed by atoms with E-state index in [1.165, 1.54) is 6.07 Å². The fourth-order valence-corrected chi connectivity index (χ4v) is 1.85. The van der Waals surface area contributed by atoms with E-state index in [0.29, 0.717) is 11.6 Å². The molecular formula is C15H19N3O3. The van der Waals surface area contributed by atoms with Crippen LogP contribution in [0.25, 0.3) is 0 Å². The van der Waals surface area contributed by atoms with Gasteiger partial charge in [-0.15, -0.1) is 0 Å². The molecule has 0 aliphatic rings. The Kier molecular flexibility index (Phi) is 3.72. The van der Waals surface area contributed by atoms with Gasteiger partial charge >= 0.3 is 5.97 Å². The van der Waals surface area contributed by atoms with Gasteiger partial charge in [0.1, 0.15) is 0 Å². The molecule has 0 radical (unpaired) electrons. The van der Waals surface area contributed by atoms with Crippen LogP contribution in [-0.2, 0) is 12.5 Å². The molecule has 0 bridgehead atoms. The fraction of sp³-hybridized carbons (Fsp3) is 0.400. The summed E-state index contributed by atoms with van der Waals surface area (Å²) in [5, 5.41) is 13.4. The first-order valence-corrected chi connectivity index (χ1v) is 6.61. The first kappa shape index (κ1) is 15.0. The summed E-state index contributed by atoms with van der Waals surface area (Å²) in [7, 11) is 1.76. The molecule has 0 aromatic carbocycles. The van der Waals surface area contributed by atoms with Gasteiger partial charge in [-0.25, -0.2) is 14.5 Å². The standard InChI is InChI=1S/C15H19N3O3/c1-9-6-13(18(5)17-9)21-12-8-10(14(19)20)7-11(16-12)15(2,3)4/h6-8H,1-5H3,(H,19,20). The molecule has 2 aromatic heterocycles. The SMILES string of the molecule is Cc1cc(Oc2cc(C(=O)O)cc(C(C)(C)C)n2)n(C)n1. The molecule has 0 aliphatic carbocycles. The Labute approximate surface area is 123 Å². The maximum atomic E-state index is 11.3. The summed E-state index contributed by atoms with van der Waals surface area (Å²) in [4.78, 5) is 15.7. The molecule has 6 nitrogen and oxygen atoms in total. The Morgan fingerprint density at radius 3 is 2.43 bits per heavy atom. The van der Waals surface area contributed by atoms with Crippen molar-refractivity contribution >= 4 is 5.97 Å². The van der Waals surface area contributed by atoms with Crippen LogP contribution in [0.5, 0.6) is 11.8 Å². The third kappa shape index (κ3) is 3.39. The zero-order valence-electron chi connectivity index (χ0n) is 12.8. The van der Waals surface area contributed by atoms with Gasteiger partial charge in [0.2, 0.25) is 11.8 Å². The highest BCUT2D eigenvalue weighted by Crippen LogP contribution is 2.27.